The Kier molecular flexibility index (Phi) is 5.28. The Morgan fingerprint density at radius 1 is 0.938 bits per heavy atom. The number of nitrogens with zero attached hydrogens (tertiary/aromatic N) is 2. The summed E-state index contributed by atoms with van der Waals surface area (Å²) < 4.78 is 5.46. The minimum Gasteiger partial charge on any atom is -0.267 e. The van der Waals surface area contributed by atoms with Crippen LogP contribution in [0.5, 0.6) is 0 Å². The molecular formula is C13H25N2P. The maximum atomic E-state index is 2.73. The fraction of sp³-hybridized carbons (Fsp3) is 0.846. The normalized spacial score (nSPS) is 24.1. The molecule has 0 unspecified atom stereocenters. The lowest BCUT2D eigenvalue weighted by atomic mass is 10.3. The van der Waals surface area contributed by atoms with Crippen LogP contribution in [0.3, 0.4) is 0 Å². The van der Waals surface area contributed by atoms with E-state index < -0.39 is 0 Å². The van der Waals surface area contributed by atoms with Crippen molar-refractivity contribution in [3.8, 4) is 0 Å². The van der Waals surface area contributed by atoms with Gasteiger partial charge in [0.05, 0.1) is 8.22 Å². The lowest BCUT2D eigenvalue weighted by molar-refractivity contribution is 0.481. The first-order valence-electron chi connectivity index (χ1n) is 6.87. The Morgan fingerprint density at radius 3 is 1.88 bits per heavy atom. The predicted octanol–water partition coefficient (Wildman–Crippen LogP) is 3.80. The van der Waals surface area contributed by atoms with E-state index in [0.29, 0.717) is 0 Å². The number of unbranched alkanes of at least 4 members (excludes halogenated alkanes) is 1. The van der Waals surface area contributed by atoms with Crippen LogP contribution >= 0.6 is 8.22 Å². The maximum absolute atomic E-state index is 2.73. The molecule has 2 aliphatic heterocycles. The van der Waals surface area contributed by atoms with Crippen LogP contribution in [0.1, 0.15) is 45.4 Å². The van der Waals surface area contributed by atoms with E-state index in [1.54, 1.807) is 0 Å². The molecule has 0 aromatic carbocycles. The summed E-state index contributed by atoms with van der Waals surface area (Å²) in [5.41, 5.74) is 0. The highest BCUT2D eigenvalue weighted by atomic mass is 31.1. The zero-order valence-corrected chi connectivity index (χ0v) is 11.5. The highest BCUT2D eigenvalue weighted by molar-refractivity contribution is 7.56. The molecule has 3 heteroatoms. The SMILES string of the molecule is CCCC=CP(N1CCCC1)N1CCCC1. The minimum absolute atomic E-state index is 0.0884. The van der Waals surface area contributed by atoms with Gasteiger partial charge in [-0.1, -0.05) is 19.4 Å². The number of hydrogen-bond acceptors (Lipinski definition) is 2. The van der Waals surface area contributed by atoms with Gasteiger partial charge in [-0.25, -0.2) is 0 Å². The molecular weight excluding hydrogens is 215 g/mol. The Hall–Kier alpha value is 0.0900. The molecule has 0 aromatic heterocycles. The average Bonchev–Trinajstić information content (AvgIpc) is 2.97. The summed E-state index contributed by atoms with van der Waals surface area (Å²) in [5.74, 6) is 2.52. The zero-order valence-electron chi connectivity index (χ0n) is 10.6. The monoisotopic (exact) mass is 240 g/mol. The quantitative estimate of drug-likeness (QED) is 0.674. The molecule has 16 heavy (non-hydrogen) atoms. The smallest absolute Gasteiger partial charge is 0.0644 e. The Bertz CT molecular complexity index is 202. The van der Waals surface area contributed by atoms with Gasteiger partial charge in [0.2, 0.25) is 0 Å². The molecule has 2 fully saturated rings. The molecule has 2 rings (SSSR count). The van der Waals surface area contributed by atoms with Crippen LogP contribution < -0.4 is 0 Å². The van der Waals surface area contributed by atoms with Crippen molar-refractivity contribution >= 4 is 8.22 Å². The van der Waals surface area contributed by atoms with Crippen LogP contribution in [-0.2, 0) is 0 Å². The van der Waals surface area contributed by atoms with Crippen molar-refractivity contribution in [2.24, 2.45) is 0 Å². The maximum Gasteiger partial charge on any atom is 0.0644 e. The van der Waals surface area contributed by atoms with E-state index in [9.17, 15) is 0 Å². The van der Waals surface area contributed by atoms with Crippen molar-refractivity contribution in [1.82, 2.24) is 9.34 Å². The van der Waals surface area contributed by atoms with Crippen LogP contribution in [0.4, 0.5) is 0 Å². The standard InChI is InChI=1S/C13H25N2P/c1-2-3-8-13-16(14-9-4-5-10-14)15-11-6-7-12-15/h8,13H,2-7,9-12H2,1H3. The van der Waals surface area contributed by atoms with Gasteiger partial charge in [0.25, 0.3) is 0 Å². The highest BCUT2D eigenvalue weighted by Crippen LogP contribution is 2.49. The van der Waals surface area contributed by atoms with E-state index in [-0.39, 0.29) is 8.22 Å². The molecule has 0 aromatic rings. The first kappa shape index (κ1) is 12.5. The summed E-state index contributed by atoms with van der Waals surface area (Å²) in [4.78, 5) is 0. The molecule has 2 nitrogen and oxygen atoms in total. The molecule has 2 aliphatic rings. The lowest BCUT2D eigenvalue weighted by Crippen LogP contribution is -2.23. The molecule has 2 heterocycles. The van der Waals surface area contributed by atoms with Crippen molar-refractivity contribution in [3.63, 3.8) is 0 Å². The molecule has 0 amide bonds. The Balaban J connectivity index is 1.93. The van der Waals surface area contributed by atoms with E-state index >= 15 is 0 Å². The van der Waals surface area contributed by atoms with Crippen LogP contribution in [0.15, 0.2) is 11.9 Å². The molecule has 0 N–H and O–H groups in total. The molecule has 0 saturated carbocycles. The first-order valence-corrected chi connectivity index (χ1v) is 8.19. The average molecular weight is 240 g/mol. The minimum atomic E-state index is -0.0884. The molecule has 2 saturated heterocycles. The molecule has 0 bridgehead atoms. The van der Waals surface area contributed by atoms with Crippen LogP contribution in [-0.4, -0.2) is 35.5 Å². The summed E-state index contributed by atoms with van der Waals surface area (Å²) >= 11 is 0. The van der Waals surface area contributed by atoms with Crippen molar-refractivity contribution in [2.75, 3.05) is 26.2 Å². The fourth-order valence-corrected chi connectivity index (χ4v) is 4.97. The Morgan fingerprint density at radius 2 is 1.44 bits per heavy atom. The van der Waals surface area contributed by atoms with Gasteiger partial charge < -0.3 is 0 Å². The Labute approximate surface area is 102 Å². The van der Waals surface area contributed by atoms with E-state index in [0.717, 1.165) is 0 Å². The molecule has 92 valence electrons. The van der Waals surface area contributed by atoms with Gasteiger partial charge in [-0.3, -0.25) is 9.34 Å². The van der Waals surface area contributed by atoms with E-state index in [1.165, 1.54) is 64.7 Å². The third kappa shape index (κ3) is 3.29. The van der Waals surface area contributed by atoms with Crippen molar-refractivity contribution in [1.29, 1.82) is 0 Å². The van der Waals surface area contributed by atoms with Crippen LogP contribution in [0, 0.1) is 0 Å². The summed E-state index contributed by atoms with van der Waals surface area (Å²) in [6.45, 7) is 7.59. The van der Waals surface area contributed by atoms with E-state index in [2.05, 4.69) is 28.2 Å². The van der Waals surface area contributed by atoms with Crippen molar-refractivity contribution < 1.29 is 0 Å². The lowest BCUT2D eigenvalue weighted by Gasteiger charge is -2.32. The van der Waals surface area contributed by atoms with Gasteiger partial charge in [0, 0.05) is 26.2 Å². The predicted molar refractivity (Wildman–Crippen MR) is 72.6 cm³/mol. The van der Waals surface area contributed by atoms with E-state index in [4.69, 9.17) is 0 Å². The largest absolute Gasteiger partial charge is 0.267 e. The number of rotatable bonds is 5. The van der Waals surface area contributed by atoms with E-state index in [1.807, 2.05) is 0 Å². The summed E-state index contributed by atoms with van der Waals surface area (Å²) in [7, 11) is -0.0884. The fourth-order valence-electron chi connectivity index (χ4n) is 2.51. The van der Waals surface area contributed by atoms with Crippen molar-refractivity contribution in [3.05, 3.63) is 11.9 Å². The van der Waals surface area contributed by atoms with Gasteiger partial charge in [-0.05, 0) is 37.9 Å². The third-order valence-electron chi connectivity index (χ3n) is 3.44. The third-order valence-corrected chi connectivity index (χ3v) is 5.88. The highest BCUT2D eigenvalue weighted by Gasteiger charge is 2.27. The topological polar surface area (TPSA) is 6.48 Å². The van der Waals surface area contributed by atoms with Gasteiger partial charge in [0.15, 0.2) is 0 Å². The molecule has 0 radical (unpaired) electrons. The zero-order chi connectivity index (χ0) is 11.2. The summed E-state index contributed by atoms with van der Waals surface area (Å²) in [6.07, 6.45) is 10.6. The summed E-state index contributed by atoms with van der Waals surface area (Å²) in [5, 5.41) is 0. The van der Waals surface area contributed by atoms with Gasteiger partial charge in [-0.15, -0.1) is 0 Å². The summed E-state index contributed by atoms with van der Waals surface area (Å²) in [6, 6.07) is 0. The van der Waals surface area contributed by atoms with Crippen LogP contribution in [0.25, 0.3) is 0 Å². The molecule has 0 spiro atoms. The number of hydrogen-bond donors (Lipinski definition) is 0. The number of allylic oxidation sites excluding steroid dienone is 1. The molecule has 0 aliphatic carbocycles. The van der Waals surface area contributed by atoms with Gasteiger partial charge in [0.1, 0.15) is 0 Å². The van der Waals surface area contributed by atoms with Gasteiger partial charge in [-0.2, -0.15) is 0 Å². The first-order chi connectivity index (χ1) is 7.92. The second kappa shape index (κ2) is 6.74. The van der Waals surface area contributed by atoms with Gasteiger partial charge >= 0.3 is 0 Å². The van der Waals surface area contributed by atoms with Crippen molar-refractivity contribution in [2.45, 2.75) is 45.4 Å². The second-order valence-electron chi connectivity index (χ2n) is 4.82. The van der Waals surface area contributed by atoms with Crippen LogP contribution in [0.2, 0.25) is 0 Å². The molecule has 0 atom stereocenters. The second-order valence-corrected chi connectivity index (χ2v) is 6.89.